The van der Waals surface area contributed by atoms with Crippen LogP contribution in [0.3, 0.4) is 0 Å². The summed E-state index contributed by atoms with van der Waals surface area (Å²) in [5.41, 5.74) is 3.85. The molecule has 0 N–H and O–H groups in total. The molecule has 0 saturated heterocycles. The zero-order valence-corrected chi connectivity index (χ0v) is 14.3. The Hall–Kier alpha value is -2.05. The van der Waals surface area contributed by atoms with Gasteiger partial charge in [0.1, 0.15) is 0 Å². The van der Waals surface area contributed by atoms with Crippen molar-refractivity contribution in [3.05, 3.63) is 57.7 Å². The molecular weight excluding hydrogens is 347 g/mol. The molecule has 24 heavy (non-hydrogen) atoms. The van der Waals surface area contributed by atoms with Gasteiger partial charge in [0.15, 0.2) is 10.8 Å². The summed E-state index contributed by atoms with van der Waals surface area (Å²) >= 11 is 7.77. The van der Waals surface area contributed by atoms with Crippen molar-refractivity contribution in [2.45, 2.75) is 25.2 Å². The first kappa shape index (κ1) is 14.3. The third-order valence-electron chi connectivity index (χ3n) is 4.56. The van der Waals surface area contributed by atoms with Crippen LogP contribution in [0.2, 0.25) is 5.15 Å². The molecule has 1 fully saturated rings. The van der Waals surface area contributed by atoms with Crippen LogP contribution in [0.4, 0.5) is 4.39 Å². The van der Waals surface area contributed by atoms with E-state index in [0.717, 1.165) is 22.5 Å². The fraction of sp³-hybridized carbons (Fsp3) is 0.235. The van der Waals surface area contributed by atoms with Gasteiger partial charge in [-0.1, -0.05) is 17.7 Å². The Morgan fingerprint density at radius 3 is 3.04 bits per heavy atom. The number of aromatic nitrogens is 4. The molecule has 3 heterocycles. The third kappa shape index (κ3) is 2.13. The second kappa shape index (κ2) is 4.97. The number of hydrogen-bond acceptors (Lipinski definition) is 4. The van der Waals surface area contributed by atoms with Crippen LogP contribution in [0.5, 0.6) is 0 Å². The van der Waals surface area contributed by atoms with E-state index in [4.69, 9.17) is 11.6 Å². The maximum atomic E-state index is 13.8. The fourth-order valence-electron chi connectivity index (χ4n) is 3.40. The Kier molecular flexibility index (Phi) is 2.96. The SMILES string of the molecule is Cc1nc2ccc([C@H]3CC3c3cc(Cl)nn4c(F)cnc34)cc2s1. The highest BCUT2D eigenvalue weighted by molar-refractivity contribution is 7.18. The highest BCUT2D eigenvalue weighted by atomic mass is 35.5. The number of halogens is 2. The molecule has 5 rings (SSSR count). The van der Waals surface area contributed by atoms with E-state index in [1.54, 1.807) is 11.3 Å². The highest BCUT2D eigenvalue weighted by Crippen LogP contribution is 2.56. The molecule has 1 aromatic carbocycles. The Morgan fingerprint density at radius 1 is 1.29 bits per heavy atom. The van der Waals surface area contributed by atoms with Gasteiger partial charge < -0.3 is 0 Å². The molecule has 0 amide bonds. The molecule has 0 bridgehead atoms. The Morgan fingerprint density at radius 2 is 2.17 bits per heavy atom. The van der Waals surface area contributed by atoms with Crippen LogP contribution in [0.1, 0.15) is 34.4 Å². The third-order valence-corrected chi connectivity index (χ3v) is 5.68. The normalized spacial score (nSPS) is 20.1. The molecule has 1 aliphatic rings. The van der Waals surface area contributed by atoms with E-state index in [1.807, 2.05) is 13.0 Å². The minimum atomic E-state index is -0.493. The van der Waals surface area contributed by atoms with Crippen LogP contribution >= 0.6 is 22.9 Å². The standard InChI is InChI=1S/C17H12ClFN4S/c1-8-21-13-3-2-9(4-14(13)24-8)10-5-11(10)12-6-15(18)22-23-16(19)7-20-17(12)23/h2-4,6-7,10-11H,5H2,1H3/t10-,11?/m1/s1. The van der Waals surface area contributed by atoms with Crippen LogP contribution in [0.15, 0.2) is 30.5 Å². The molecule has 1 saturated carbocycles. The predicted molar refractivity (Wildman–Crippen MR) is 92.4 cm³/mol. The molecule has 7 heteroatoms. The Bertz CT molecular complexity index is 1100. The van der Waals surface area contributed by atoms with Crippen LogP contribution < -0.4 is 0 Å². The smallest absolute Gasteiger partial charge is 0.234 e. The van der Waals surface area contributed by atoms with E-state index in [0.29, 0.717) is 17.5 Å². The van der Waals surface area contributed by atoms with Gasteiger partial charge in [-0.05, 0) is 48.9 Å². The lowest BCUT2D eigenvalue weighted by Crippen LogP contribution is -1.99. The molecule has 0 aliphatic heterocycles. The average Bonchev–Trinajstić information content (AvgIpc) is 3.14. The van der Waals surface area contributed by atoms with E-state index < -0.39 is 5.95 Å². The number of thiazole rings is 1. The molecule has 4 nitrogen and oxygen atoms in total. The summed E-state index contributed by atoms with van der Waals surface area (Å²) in [4.78, 5) is 8.67. The van der Waals surface area contributed by atoms with Crippen molar-refractivity contribution < 1.29 is 4.39 Å². The van der Waals surface area contributed by atoms with Gasteiger partial charge in [0.05, 0.1) is 21.4 Å². The van der Waals surface area contributed by atoms with Crippen LogP contribution in [-0.2, 0) is 0 Å². The highest BCUT2D eigenvalue weighted by Gasteiger charge is 2.41. The molecule has 4 aromatic rings. The van der Waals surface area contributed by atoms with E-state index >= 15 is 0 Å². The van der Waals surface area contributed by atoms with Gasteiger partial charge in [-0.15, -0.1) is 11.3 Å². The number of nitrogens with zero attached hydrogens (tertiary/aromatic N) is 4. The molecule has 1 aliphatic carbocycles. The van der Waals surface area contributed by atoms with Gasteiger partial charge in [-0.25, -0.2) is 9.97 Å². The summed E-state index contributed by atoms with van der Waals surface area (Å²) in [6.07, 6.45) is 2.19. The second-order valence-corrected chi connectivity index (χ2v) is 7.77. The monoisotopic (exact) mass is 358 g/mol. The first-order chi connectivity index (χ1) is 11.6. The molecular formula is C17H12ClFN4S. The maximum absolute atomic E-state index is 13.8. The maximum Gasteiger partial charge on any atom is 0.234 e. The summed E-state index contributed by atoms with van der Waals surface area (Å²) in [5, 5.41) is 5.35. The number of hydrogen-bond donors (Lipinski definition) is 0. The van der Waals surface area contributed by atoms with Crippen molar-refractivity contribution in [1.29, 1.82) is 0 Å². The molecule has 1 unspecified atom stereocenters. The van der Waals surface area contributed by atoms with Crippen molar-refractivity contribution in [2.24, 2.45) is 0 Å². The minimum Gasteiger partial charge on any atom is -0.242 e. The minimum absolute atomic E-state index is 0.286. The zero-order chi connectivity index (χ0) is 16.4. The Balaban J connectivity index is 1.55. The molecule has 0 radical (unpaired) electrons. The van der Waals surface area contributed by atoms with Gasteiger partial charge in [-0.3, -0.25) is 0 Å². The topological polar surface area (TPSA) is 43.1 Å². The Labute approximate surface area is 145 Å². The lowest BCUT2D eigenvalue weighted by Gasteiger charge is -2.04. The van der Waals surface area contributed by atoms with E-state index in [9.17, 15) is 4.39 Å². The van der Waals surface area contributed by atoms with Crippen molar-refractivity contribution in [2.75, 3.05) is 0 Å². The van der Waals surface area contributed by atoms with Crippen molar-refractivity contribution >= 4 is 38.8 Å². The van der Waals surface area contributed by atoms with Gasteiger partial charge in [0, 0.05) is 5.56 Å². The molecule has 3 aromatic heterocycles. The number of benzene rings is 1. The summed E-state index contributed by atoms with van der Waals surface area (Å²) in [6.45, 7) is 2.02. The summed E-state index contributed by atoms with van der Waals surface area (Å²) < 4.78 is 16.2. The summed E-state index contributed by atoms with van der Waals surface area (Å²) in [5.74, 6) is 0.201. The first-order valence-corrected chi connectivity index (χ1v) is 8.86. The average molecular weight is 359 g/mol. The quantitative estimate of drug-likeness (QED) is 0.521. The molecule has 120 valence electrons. The summed E-state index contributed by atoms with van der Waals surface area (Å²) in [7, 11) is 0. The molecule has 2 atom stereocenters. The van der Waals surface area contributed by atoms with E-state index in [1.165, 1.54) is 21.0 Å². The number of rotatable bonds is 2. The second-order valence-electron chi connectivity index (χ2n) is 6.15. The lowest BCUT2D eigenvalue weighted by molar-refractivity contribution is 0.548. The first-order valence-electron chi connectivity index (χ1n) is 7.67. The zero-order valence-electron chi connectivity index (χ0n) is 12.7. The molecule has 0 spiro atoms. The van der Waals surface area contributed by atoms with Crippen LogP contribution in [-0.4, -0.2) is 19.6 Å². The lowest BCUT2D eigenvalue weighted by atomic mass is 10.1. The number of aryl methyl sites for hydroxylation is 1. The van der Waals surface area contributed by atoms with Crippen molar-refractivity contribution in [3.63, 3.8) is 0 Å². The largest absolute Gasteiger partial charge is 0.242 e. The predicted octanol–water partition coefficient (Wildman–Crippen LogP) is 4.71. The van der Waals surface area contributed by atoms with E-state index in [2.05, 4.69) is 33.3 Å². The number of imidazole rings is 1. The van der Waals surface area contributed by atoms with Gasteiger partial charge in [0.2, 0.25) is 5.95 Å². The van der Waals surface area contributed by atoms with Gasteiger partial charge >= 0.3 is 0 Å². The van der Waals surface area contributed by atoms with Crippen molar-refractivity contribution in [1.82, 2.24) is 19.6 Å². The van der Waals surface area contributed by atoms with Crippen LogP contribution in [0, 0.1) is 12.9 Å². The fourth-order valence-corrected chi connectivity index (χ4v) is 4.47. The summed E-state index contributed by atoms with van der Waals surface area (Å²) in [6, 6.07) is 8.24. The number of fused-ring (bicyclic) bond motifs is 2. The van der Waals surface area contributed by atoms with Gasteiger partial charge in [-0.2, -0.15) is 14.0 Å². The van der Waals surface area contributed by atoms with E-state index in [-0.39, 0.29) is 5.15 Å². The van der Waals surface area contributed by atoms with Gasteiger partial charge in [0.25, 0.3) is 0 Å². The van der Waals surface area contributed by atoms with Crippen molar-refractivity contribution in [3.8, 4) is 0 Å². The van der Waals surface area contributed by atoms with Crippen LogP contribution in [0.25, 0.3) is 15.9 Å².